The summed E-state index contributed by atoms with van der Waals surface area (Å²) >= 11 is 0. The van der Waals surface area contributed by atoms with Gasteiger partial charge in [0.1, 0.15) is 0 Å². The van der Waals surface area contributed by atoms with Crippen LogP contribution in [0.4, 0.5) is 0 Å². The standard InChI is InChI=1S/C31H52O/c1-20(2)21(3)9-10-22(4)23-13-15-29(8)25-12-11-24-27(5,6)26(32)14-16-30(24)19-31(25,30)18-17-28(23,29)7/h20,22-26,32H,3,9-19H2,1-2,4-8H3/t22-,23-,24-,25+,26+,28-,29+,30-,31+/m1/s1. The molecule has 0 unspecified atom stereocenters. The quantitative estimate of drug-likeness (QED) is 0.425. The molecule has 0 aromatic heterocycles. The second-order valence-corrected chi connectivity index (χ2v) is 14.9. The van der Waals surface area contributed by atoms with Gasteiger partial charge in [-0.2, -0.15) is 0 Å². The number of aliphatic hydroxyl groups excluding tert-OH is 1. The van der Waals surface area contributed by atoms with Gasteiger partial charge in [0.05, 0.1) is 6.10 Å². The first kappa shape index (κ1) is 23.4. The molecule has 0 aromatic carbocycles. The molecule has 5 saturated carbocycles. The van der Waals surface area contributed by atoms with E-state index in [1.165, 1.54) is 69.8 Å². The monoisotopic (exact) mass is 440 g/mol. The van der Waals surface area contributed by atoms with Crippen molar-refractivity contribution in [2.75, 3.05) is 0 Å². The van der Waals surface area contributed by atoms with Gasteiger partial charge in [-0.1, -0.05) is 60.6 Å². The molecule has 0 aliphatic heterocycles. The Balaban J connectivity index is 1.39. The van der Waals surface area contributed by atoms with E-state index in [9.17, 15) is 5.11 Å². The zero-order valence-corrected chi connectivity index (χ0v) is 22.4. The summed E-state index contributed by atoms with van der Waals surface area (Å²) in [5.74, 6) is 4.02. The van der Waals surface area contributed by atoms with Crippen molar-refractivity contribution in [1.29, 1.82) is 0 Å². The van der Waals surface area contributed by atoms with Gasteiger partial charge in [0.15, 0.2) is 0 Å². The van der Waals surface area contributed by atoms with Crippen molar-refractivity contribution in [3.05, 3.63) is 12.2 Å². The van der Waals surface area contributed by atoms with Gasteiger partial charge < -0.3 is 5.11 Å². The van der Waals surface area contributed by atoms with Crippen LogP contribution >= 0.6 is 0 Å². The lowest BCUT2D eigenvalue weighted by molar-refractivity contribution is -0.161. The van der Waals surface area contributed by atoms with Crippen molar-refractivity contribution >= 4 is 0 Å². The molecule has 1 heteroatoms. The zero-order valence-electron chi connectivity index (χ0n) is 22.4. The highest BCUT2D eigenvalue weighted by molar-refractivity contribution is 5.30. The lowest BCUT2D eigenvalue weighted by Crippen LogP contribution is -2.57. The summed E-state index contributed by atoms with van der Waals surface area (Å²) in [6.07, 6.45) is 15.0. The van der Waals surface area contributed by atoms with Gasteiger partial charge in [0, 0.05) is 0 Å². The molecule has 0 amide bonds. The average Bonchev–Trinajstić information content (AvgIpc) is 3.31. The van der Waals surface area contributed by atoms with E-state index < -0.39 is 0 Å². The minimum absolute atomic E-state index is 0.0888. The van der Waals surface area contributed by atoms with Crippen LogP contribution in [-0.2, 0) is 0 Å². The molecule has 0 radical (unpaired) electrons. The molecule has 0 aromatic rings. The van der Waals surface area contributed by atoms with E-state index in [1.54, 1.807) is 0 Å². The Bertz CT molecular complexity index is 779. The van der Waals surface area contributed by atoms with Crippen LogP contribution in [0.2, 0.25) is 0 Å². The summed E-state index contributed by atoms with van der Waals surface area (Å²) in [6.45, 7) is 21.8. The van der Waals surface area contributed by atoms with Gasteiger partial charge >= 0.3 is 0 Å². The molecule has 9 atom stereocenters. The van der Waals surface area contributed by atoms with E-state index in [-0.39, 0.29) is 11.5 Å². The highest BCUT2D eigenvalue weighted by atomic mass is 16.3. The maximum atomic E-state index is 10.9. The van der Waals surface area contributed by atoms with E-state index in [4.69, 9.17) is 0 Å². The first-order valence-electron chi connectivity index (χ1n) is 14.2. The third-order valence-electron chi connectivity index (χ3n) is 13.6. The van der Waals surface area contributed by atoms with Gasteiger partial charge in [-0.05, 0) is 127 Å². The fourth-order valence-electron chi connectivity index (χ4n) is 11.2. The zero-order chi connectivity index (χ0) is 23.3. The Kier molecular flexibility index (Phi) is 5.21. The van der Waals surface area contributed by atoms with Crippen molar-refractivity contribution in [3.63, 3.8) is 0 Å². The summed E-state index contributed by atoms with van der Waals surface area (Å²) in [5.41, 5.74) is 3.79. The summed E-state index contributed by atoms with van der Waals surface area (Å²) in [7, 11) is 0. The summed E-state index contributed by atoms with van der Waals surface area (Å²) in [4.78, 5) is 0. The number of allylic oxidation sites excluding steroid dienone is 1. The Morgan fingerprint density at radius 3 is 2.19 bits per heavy atom. The molecule has 0 bridgehead atoms. The van der Waals surface area contributed by atoms with Crippen LogP contribution in [0.25, 0.3) is 0 Å². The van der Waals surface area contributed by atoms with Crippen LogP contribution in [0.15, 0.2) is 12.2 Å². The van der Waals surface area contributed by atoms with Crippen molar-refractivity contribution in [2.45, 2.75) is 125 Å². The Hall–Kier alpha value is -0.300. The molecule has 0 saturated heterocycles. The molecule has 1 N–H and O–H groups in total. The van der Waals surface area contributed by atoms with Crippen LogP contribution in [0.5, 0.6) is 0 Å². The van der Waals surface area contributed by atoms with E-state index in [1.807, 2.05) is 0 Å². The molecule has 32 heavy (non-hydrogen) atoms. The van der Waals surface area contributed by atoms with Crippen LogP contribution in [0, 0.1) is 56.7 Å². The number of fused-ring (bicyclic) bond motifs is 2. The second kappa shape index (κ2) is 7.11. The minimum Gasteiger partial charge on any atom is -0.393 e. The first-order valence-corrected chi connectivity index (χ1v) is 14.2. The minimum atomic E-state index is -0.0888. The van der Waals surface area contributed by atoms with Crippen molar-refractivity contribution < 1.29 is 5.11 Å². The Morgan fingerprint density at radius 1 is 0.844 bits per heavy atom. The molecule has 2 spiro atoms. The van der Waals surface area contributed by atoms with Gasteiger partial charge in [0.2, 0.25) is 0 Å². The third-order valence-corrected chi connectivity index (χ3v) is 13.6. The van der Waals surface area contributed by atoms with Gasteiger partial charge in [-0.15, -0.1) is 0 Å². The maximum Gasteiger partial charge on any atom is 0.0594 e. The van der Waals surface area contributed by atoms with E-state index in [2.05, 4.69) is 55.0 Å². The van der Waals surface area contributed by atoms with E-state index >= 15 is 0 Å². The van der Waals surface area contributed by atoms with E-state index in [0.29, 0.717) is 27.6 Å². The van der Waals surface area contributed by atoms with Crippen LogP contribution in [0.3, 0.4) is 0 Å². The molecule has 5 rings (SSSR count). The lowest BCUT2D eigenvalue weighted by Gasteiger charge is -2.63. The predicted octanol–water partition coefficient (Wildman–Crippen LogP) is 8.41. The predicted molar refractivity (Wildman–Crippen MR) is 135 cm³/mol. The number of rotatable bonds is 5. The Labute approximate surface area is 199 Å². The van der Waals surface area contributed by atoms with Crippen LogP contribution < -0.4 is 0 Å². The Morgan fingerprint density at radius 2 is 1.50 bits per heavy atom. The molecular formula is C31H52O. The van der Waals surface area contributed by atoms with E-state index in [0.717, 1.165) is 30.1 Å². The van der Waals surface area contributed by atoms with Crippen molar-refractivity contribution in [2.24, 2.45) is 56.7 Å². The highest BCUT2D eigenvalue weighted by Gasteiger charge is 2.82. The van der Waals surface area contributed by atoms with Crippen molar-refractivity contribution in [3.8, 4) is 0 Å². The molecule has 5 aliphatic carbocycles. The molecule has 0 heterocycles. The van der Waals surface area contributed by atoms with Gasteiger partial charge in [-0.25, -0.2) is 0 Å². The fraction of sp³-hybridized carbons (Fsp3) is 0.935. The normalized spacial score (nSPS) is 51.9. The van der Waals surface area contributed by atoms with Gasteiger partial charge in [-0.3, -0.25) is 0 Å². The average molecular weight is 441 g/mol. The molecule has 5 aliphatic rings. The number of aliphatic hydroxyl groups is 1. The maximum absolute atomic E-state index is 10.9. The second-order valence-electron chi connectivity index (χ2n) is 14.9. The summed E-state index contributed by atoms with van der Waals surface area (Å²) < 4.78 is 0. The smallest absolute Gasteiger partial charge is 0.0594 e. The molecule has 1 nitrogen and oxygen atoms in total. The van der Waals surface area contributed by atoms with Gasteiger partial charge in [0.25, 0.3) is 0 Å². The van der Waals surface area contributed by atoms with Crippen LogP contribution in [-0.4, -0.2) is 11.2 Å². The van der Waals surface area contributed by atoms with Crippen molar-refractivity contribution in [1.82, 2.24) is 0 Å². The highest BCUT2D eigenvalue weighted by Crippen LogP contribution is 2.89. The molecule has 5 fully saturated rings. The largest absolute Gasteiger partial charge is 0.393 e. The summed E-state index contributed by atoms with van der Waals surface area (Å²) in [6, 6.07) is 0. The topological polar surface area (TPSA) is 20.2 Å². The molecular weight excluding hydrogens is 388 g/mol. The SMILES string of the molecule is C=C(CC[C@@H](C)[C@H]1CC[C@@]2(C)[C@@H]3CC[C@@H]4C(C)(C)[C@@H](O)CC[C@@]45C[C@@]35CC[C@]12C)C(C)C. The third kappa shape index (κ3) is 2.73. The number of hydrogen-bond donors (Lipinski definition) is 1. The summed E-state index contributed by atoms with van der Waals surface area (Å²) in [5, 5.41) is 10.9. The number of hydrogen-bond acceptors (Lipinski definition) is 1. The lowest BCUT2D eigenvalue weighted by atomic mass is 9.41. The van der Waals surface area contributed by atoms with Crippen LogP contribution in [0.1, 0.15) is 119 Å². The fourth-order valence-corrected chi connectivity index (χ4v) is 11.2. The molecule has 182 valence electrons. The first-order chi connectivity index (χ1) is 14.9.